The molecule has 3 rings (SSSR count). The van der Waals surface area contributed by atoms with Gasteiger partial charge >= 0.3 is 0 Å². The first kappa shape index (κ1) is 18.4. The number of piperidine rings is 1. The molecule has 0 unspecified atom stereocenters. The van der Waals surface area contributed by atoms with Gasteiger partial charge in [0.15, 0.2) is 4.34 Å². The fourth-order valence-corrected chi connectivity index (χ4v) is 5.06. The Labute approximate surface area is 155 Å². The lowest BCUT2D eigenvalue weighted by Gasteiger charge is -2.32. The minimum Gasteiger partial charge on any atom is -0.550 e. The molecule has 1 aromatic rings. The van der Waals surface area contributed by atoms with Crippen molar-refractivity contribution in [3.63, 3.8) is 0 Å². The van der Waals surface area contributed by atoms with Crippen LogP contribution in [0.15, 0.2) is 4.34 Å². The molecule has 1 saturated heterocycles. The van der Waals surface area contributed by atoms with Gasteiger partial charge in [0.2, 0.25) is 11.0 Å². The summed E-state index contributed by atoms with van der Waals surface area (Å²) in [4.78, 5) is 24.8. The van der Waals surface area contributed by atoms with Gasteiger partial charge in [-0.2, -0.15) is 0 Å². The highest BCUT2D eigenvalue weighted by atomic mass is 32.2. The van der Waals surface area contributed by atoms with Crippen molar-refractivity contribution in [1.82, 2.24) is 15.1 Å². The summed E-state index contributed by atoms with van der Waals surface area (Å²) >= 11 is 2.89. The Morgan fingerprint density at radius 3 is 2.56 bits per heavy atom. The van der Waals surface area contributed by atoms with E-state index in [-0.39, 0.29) is 5.91 Å². The van der Waals surface area contributed by atoms with E-state index in [2.05, 4.69) is 15.5 Å². The number of thioether (sulfide) groups is 1. The largest absolute Gasteiger partial charge is 0.550 e. The molecule has 1 saturated carbocycles. The maximum absolute atomic E-state index is 12.3. The quantitative estimate of drug-likeness (QED) is 0.741. The average molecular weight is 384 g/mol. The van der Waals surface area contributed by atoms with Crippen LogP contribution in [0.1, 0.15) is 44.9 Å². The number of rotatable bonds is 6. The van der Waals surface area contributed by atoms with Crippen LogP contribution in [0.25, 0.3) is 0 Å². The number of carbonyl (C=O) groups is 2. The zero-order valence-corrected chi connectivity index (χ0v) is 15.7. The second kappa shape index (κ2) is 8.84. The van der Waals surface area contributed by atoms with Crippen molar-refractivity contribution < 1.29 is 14.7 Å². The van der Waals surface area contributed by atoms with Gasteiger partial charge in [-0.3, -0.25) is 4.79 Å². The second-order valence-corrected chi connectivity index (χ2v) is 8.82. The molecule has 0 spiro atoms. The van der Waals surface area contributed by atoms with Crippen LogP contribution in [0, 0.1) is 5.92 Å². The van der Waals surface area contributed by atoms with Gasteiger partial charge in [-0.15, -0.1) is 10.2 Å². The number of likely N-dealkylation sites (tertiary alicyclic amines) is 1. The lowest BCUT2D eigenvalue weighted by atomic mass is 9.96. The van der Waals surface area contributed by atoms with Crippen LogP contribution < -0.4 is 10.4 Å². The third-order valence-electron chi connectivity index (χ3n) is 4.84. The molecule has 25 heavy (non-hydrogen) atoms. The zero-order chi connectivity index (χ0) is 17.6. The van der Waals surface area contributed by atoms with Crippen LogP contribution in [0.4, 0.5) is 5.13 Å². The molecule has 0 atom stereocenters. The molecule has 2 fully saturated rings. The third kappa shape index (κ3) is 5.31. The van der Waals surface area contributed by atoms with Crippen molar-refractivity contribution in [2.45, 2.75) is 55.3 Å². The van der Waals surface area contributed by atoms with E-state index in [4.69, 9.17) is 0 Å². The molecule has 0 aromatic carbocycles. The summed E-state index contributed by atoms with van der Waals surface area (Å²) in [6.45, 7) is 0.977. The predicted octanol–water partition coefficient (Wildman–Crippen LogP) is 1.36. The van der Waals surface area contributed by atoms with Crippen LogP contribution in [-0.4, -0.2) is 51.9 Å². The van der Waals surface area contributed by atoms with Crippen LogP contribution >= 0.6 is 23.1 Å². The van der Waals surface area contributed by atoms with Gasteiger partial charge in [0.1, 0.15) is 0 Å². The molecule has 0 bridgehead atoms. The molecule has 1 aliphatic carbocycles. The standard InChI is InChI=1S/C16H24N4O3S2/c21-13(20-8-6-11(7-9-20)14(22)23)10-24-16-19-18-15(25-16)17-12-4-2-1-3-5-12/h11-12H,1-10H2,(H,17,18)(H,22,23)/p-1. The van der Waals surface area contributed by atoms with Crippen molar-refractivity contribution in [3.05, 3.63) is 0 Å². The molecule has 7 nitrogen and oxygen atoms in total. The molecule has 9 heteroatoms. The van der Waals surface area contributed by atoms with Gasteiger partial charge in [-0.05, 0) is 25.7 Å². The summed E-state index contributed by atoms with van der Waals surface area (Å²) < 4.78 is 0.788. The van der Waals surface area contributed by atoms with E-state index in [0.717, 1.165) is 9.47 Å². The molecule has 1 N–H and O–H groups in total. The lowest BCUT2D eigenvalue weighted by molar-refractivity contribution is -0.312. The Kier molecular flexibility index (Phi) is 6.52. The summed E-state index contributed by atoms with van der Waals surface area (Å²) in [5, 5.41) is 23.4. The Morgan fingerprint density at radius 2 is 1.88 bits per heavy atom. The van der Waals surface area contributed by atoms with Gasteiger partial charge < -0.3 is 20.1 Å². The summed E-state index contributed by atoms with van der Waals surface area (Å²) in [5.41, 5.74) is 0. The van der Waals surface area contributed by atoms with Gasteiger partial charge in [0.25, 0.3) is 0 Å². The molecule has 1 amide bonds. The Bertz CT molecular complexity index is 596. The number of hydrogen-bond donors (Lipinski definition) is 1. The number of aromatic nitrogens is 2. The SMILES string of the molecule is O=C([O-])C1CCN(C(=O)CSc2nnc(NC3CCCCC3)s2)CC1. The van der Waals surface area contributed by atoms with E-state index in [9.17, 15) is 14.7 Å². The van der Waals surface area contributed by atoms with Crippen LogP contribution in [0.3, 0.4) is 0 Å². The van der Waals surface area contributed by atoms with Crippen LogP contribution in [0.5, 0.6) is 0 Å². The molecule has 138 valence electrons. The first-order valence-corrected chi connectivity index (χ1v) is 10.6. The zero-order valence-electron chi connectivity index (χ0n) is 14.1. The minimum atomic E-state index is -1.01. The highest BCUT2D eigenvalue weighted by Gasteiger charge is 2.23. The molecule has 2 heterocycles. The number of nitrogens with one attached hydrogen (secondary N) is 1. The third-order valence-corrected chi connectivity index (χ3v) is 6.81. The maximum Gasteiger partial charge on any atom is 0.233 e. The van der Waals surface area contributed by atoms with E-state index in [1.165, 1.54) is 55.2 Å². The van der Waals surface area contributed by atoms with Crippen LogP contribution in [-0.2, 0) is 9.59 Å². The van der Waals surface area contributed by atoms with Crippen molar-refractivity contribution >= 4 is 40.1 Å². The molecule has 0 radical (unpaired) electrons. The fraction of sp³-hybridized carbons (Fsp3) is 0.750. The number of aliphatic carboxylic acids is 1. The Balaban J connectivity index is 1.41. The minimum absolute atomic E-state index is 0.0267. The second-order valence-electron chi connectivity index (χ2n) is 6.62. The van der Waals surface area contributed by atoms with E-state index in [1.807, 2.05) is 0 Å². The number of carboxylic acid groups (broad SMARTS) is 1. The van der Waals surface area contributed by atoms with Crippen molar-refractivity contribution in [2.75, 3.05) is 24.2 Å². The van der Waals surface area contributed by atoms with Gasteiger partial charge in [0, 0.05) is 31.0 Å². The lowest BCUT2D eigenvalue weighted by Crippen LogP contribution is -2.44. The van der Waals surface area contributed by atoms with E-state index >= 15 is 0 Å². The molecular formula is C16H23N4O3S2-. The van der Waals surface area contributed by atoms with E-state index in [0.29, 0.717) is 37.7 Å². The number of amides is 1. The Morgan fingerprint density at radius 1 is 1.16 bits per heavy atom. The summed E-state index contributed by atoms with van der Waals surface area (Å²) in [7, 11) is 0. The first-order valence-electron chi connectivity index (χ1n) is 8.83. The predicted molar refractivity (Wildman–Crippen MR) is 95.4 cm³/mol. The monoisotopic (exact) mass is 383 g/mol. The number of carbonyl (C=O) groups excluding carboxylic acids is 2. The summed E-state index contributed by atoms with van der Waals surface area (Å²) in [6.07, 6.45) is 7.17. The topological polar surface area (TPSA) is 98.2 Å². The van der Waals surface area contributed by atoms with Crippen molar-refractivity contribution in [2.24, 2.45) is 5.92 Å². The fourth-order valence-electron chi connectivity index (χ4n) is 3.33. The molecular weight excluding hydrogens is 360 g/mol. The average Bonchev–Trinajstić information content (AvgIpc) is 3.08. The number of anilines is 1. The first-order chi connectivity index (χ1) is 12.1. The summed E-state index contributed by atoms with van der Waals surface area (Å²) in [5.74, 6) is -1.09. The summed E-state index contributed by atoms with van der Waals surface area (Å²) in [6, 6.07) is 0.492. The number of nitrogens with zero attached hydrogens (tertiary/aromatic N) is 3. The van der Waals surface area contributed by atoms with Crippen molar-refractivity contribution in [3.8, 4) is 0 Å². The van der Waals surface area contributed by atoms with E-state index < -0.39 is 11.9 Å². The maximum atomic E-state index is 12.3. The van der Waals surface area contributed by atoms with Crippen molar-refractivity contribution in [1.29, 1.82) is 0 Å². The highest BCUT2D eigenvalue weighted by molar-refractivity contribution is 8.01. The number of carboxylic acids is 1. The molecule has 2 aliphatic rings. The van der Waals surface area contributed by atoms with E-state index in [1.54, 1.807) is 4.90 Å². The van der Waals surface area contributed by atoms with Gasteiger partial charge in [-0.25, -0.2) is 0 Å². The Hall–Kier alpha value is -1.35. The van der Waals surface area contributed by atoms with Gasteiger partial charge in [-0.1, -0.05) is 42.4 Å². The molecule has 1 aromatic heterocycles. The number of hydrogen-bond acceptors (Lipinski definition) is 8. The highest BCUT2D eigenvalue weighted by Crippen LogP contribution is 2.28. The smallest absolute Gasteiger partial charge is 0.233 e. The normalized spacial score (nSPS) is 19.8. The van der Waals surface area contributed by atoms with Gasteiger partial charge in [0.05, 0.1) is 5.75 Å². The molecule has 1 aliphatic heterocycles. The van der Waals surface area contributed by atoms with Crippen LogP contribution in [0.2, 0.25) is 0 Å².